The third-order valence-corrected chi connectivity index (χ3v) is 3.93. The highest BCUT2D eigenvalue weighted by Crippen LogP contribution is 2.19. The van der Waals surface area contributed by atoms with E-state index in [0.29, 0.717) is 5.92 Å². The number of aryl methyl sites for hydroxylation is 3. The number of carbonyl (C=O) groups excluding carboxylic acids is 1. The van der Waals surface area contributed by atoms with Crippen molar-refractivity contribution in [2.24, 2.45) is 5.92 Å². The molecule has 0 bridgehead atoms. The van der Waals surface area contributed by atoms with Crippen LogP contribution in [0, 0.1) is 26.7 Å². The molecule has 1 unspecified atom stereocenters. The molecule has 1 N–H and O–H groups in total. The second-order valence-corrected chi connectivity index (χ2v) is 5.82. The monoisotopic (exact) mass is 260 g/mol. The molecule has 1 aromatic carbocycles. The maximum absolute atomic E-state index is 12.6. The van der Waals surface area contributed by atoms with Crippen LogP contribution in [0.3, 0.4) is 0 Å². The molecule has 19 heavy (non-hydrogen) atoms. The lowest BCUT2D eigenvalue weighted by Gasteiger charge is -2.23. The normalized spacial score (nSPS) is 18.6. The van der Waals surface area contributed by atoms with E-state index in [4.69, 9.17) is 0 Å². The lowest BCUT2D eigenvalue weighted by Crippen LogP contribution is -2.33. The molecule has 2 rings (SSSR count). The Morgan fingerprint density at radius 2 is 1.95 bits per heavy atom. The van der Waals surface area contributed by atoms with Crippen molar-refractivity contribution in [1.82, 2.24) is 10.2 Å². The minimum absolute atomic E-state index is 0.155. The number of nitrogens with one attached hydrogen (secondary N) is 1. The van der Waals surface area contributed by atoms with Crippen LogP contribution in [0.1, 0.15) is 33.5 Å². The summed E-state index contributed by atoms with van der Waals surface area (Å²) in [6.45, 7) is 9.08. The van der Waals surface area contributed by atoms with Crippen LogP contribution in [0.5, 0.6) is 0 Å². The van der Waals surface area contributed by atoms with Gasteiger partial charge in [-0.25, -0.2) is 0 Å². The van der Waals surface area contributed by atoms with Crippen LogP contribution in [0.2, 0.25) is 0 Å². The summed E-state index contributed by atoms with van der Waals surface area (Å²) in [4.78, 5) is 14.5. The summed E-state index contributed by atoms with van der Waals surface area (Å²) < 4.78 is 0. The van der Waals surface area contributed by atoms with Gasteiger partial charge in [0.2, 0.25) is 0 Å². The van der Waals surface area contributed by atoms with E-state index in [0.717, 1.165) is 36.3 Å². The Morgan fingerprint density at radius 1 is 1.32 bits per heavy atom. The molecule has 1 amide bonds. The summed E-state index contributed by atoms with van der Waals surface area (Å²) >= 11 is 0. The Kier molecular flexibility index (Phi) is 4.25. The molecule has 104 valence electrons. The number of hydrogen-bond donors (Lipinski definition) is 1. The molecule has 1 aliphatic heterocycles. The first-order valence-electron chi connectivity index (χ1n) is 7.03. The standard InChI is InChI=1S/C16H24N2O/c1-11-7-12(2)15(13(3)8-11)16(19)18(4)10-14-5-6-17-9-14/h7-8,14,17H,5-6,9-10H2,1-4H3. The number of nitrogens with zero attached hydrogens (tertiary/aromatic N) is 1. The number of carbonyl (C=O) groups is 1. The van der Waals surface area contributed by atoms with Crippen LogP contribution in [0.15, 0.2) is 12.1 Å². The Bertz CT molecular complexity index is 453. The Morgan fingerprint density at radius 3 is 2.47 bits per heavy atom. The minimum atomic E-state index is 0.155. The van der Waals surface area contributed by atoms with Gasteiger partial charge in [-0.2, -0.15) is 0 Å². The smallest absolute Gasteiger partial charge is 0.254 e. The third kappa shape index (κ3) is 3.16. The first-order chi connectivity index (χ1) is 8.99. The Balaban J connectivity index is 2.14. The van der Waals surface area contributed by atoms with Gasteiger partial charge in [0.1, 0.15) is 0 Å². The van der Waals surface area contributed by atoms with Gasteiger partial charge in [-0.1, -0.05) is 17.7 Å². The summed E-state index contributed by atoms with van der Waals surface area (Å²) in [6, 6.07) is 4.18. The summed E-state index contributed by atoms with van der Waals surface area (Å²) in [7, 11) is 1.92. The molecule has 0 spiro atoms. The summed E-state index contributed by atoms with van der Waals surface area (Å²) in [6.07, 6.45) is 1.17. The largest absolute Gasteiger partial charge is 0.341 e. The number of rotatable bonds is 3. The Hall–Kier alpha value is -1.35. The van der Waals surface area contributed by atoms with Crippen LogP contribution < -0.4 is 5.32 Å². The number of amides is 1. The maximum atomic E-state index is 12.6. The first kappa shape index (κ1) is 14.1. The lowest BCUT2D eigenvalue weighted by atomic mass is 9.98. The summed E-state index contributed by atoms with van der Waals surface area (Å²) in [5.41, 5.74) is 4.26. The van der Waals surface area contributed by atoms with E-state index in [1.165, 1.54) is 12.0 Å². The van der Waals surface area contributed by atoms with Crippen molar-refractivity contribution in [3.8, 4) is 0 Å². The van der Waals surface area contributed by atoms with Crippen molar-refractivity contribution in [2.75, 3.05) is 26.7 Å². The molecule has 1 fully saturated rings. The molecule has 0 radical (unpaired) electrons. The van der Waals surface area contributed by atoms with Gasteiger partial charge >= 0.3 is 0 Å². The summed E-state index contributed by atoms with van der Waals surface area (Å²) in [5.74, 6) is 0.752. The lowest BCUT2D eigenvalue weighted by molar-refractivity contribution is 0.0774. The second-order valence-electron chi connectivity index (χ2n) is 5.82. The topological polar surface area (TPSA) is 32.3 Å². The van der Waals surface area contributed by atoms with Gasteiger partial charge in [-0.3, -0.25) is 4.79 Å². The van der Waals surface area contributed by atoms with E-state index in [1.54, 1.807) is 0 Å². The molecule has 1 aliphatic rings. The van der Waals surface area contributed by atoms with Gasteiger partial charge in [0, 0.05) is 19.2 Å². The average molecular weight is 260 g/mol. The number of hydrogen-bond acceptors (Lipinski definition) is 2. The highest BCUT2D eigenvalue weighted by Gasteiger charge is 2.22. The molecule has 1 saturated heterocycles. The van der Waals surface area contributed by atoms with Gasteiger partial charge in [0.25, 0.3) is 5.91 Å². The van der Waals surface area contributed by atoms with Crippen LogP contribution in [-0.4, -0.2) is 37.5 Å². The zero-order chi connectivity index (χ0) is 14.0. The van der Waals surface area contributed by atoms with E-state index >= 15 is 0 Å². The van der Waals surface area contributed by atoms with E-state index < -0.39 is 0 Å². The van der Waals surface area contributed by atoms with Gasteiger partial charge in [-0.05, 0) is 57.3 Å². The van der Waals surface area contributed by atoms with Crippen LogP contribution >= 0.6 is 0 Å². The van der Waals surface area contributed by atoms with Gasteiger partial charge in [0.05, 0.1) is 0 Å². The van der Waals surface area contributed by atoms with Crippen LogP contribution in [0.25, 0.3) is 0 Å². The van der Waals surface area contributed by atoms with Crippen molar-refractivity contribution in [1.29, 1.82) is 0 Å². The van der Waals surface area contributed by atoms with Crippen LogP contribution in [-0.2, 0) is 0 Å². The molecule has 1 heterocycles. The van der Waals surface area contributed by atoms with Crippen molar-refractivity contribution < 1.29 is 4.79 Å². The third-order valence-electron chi connectivity index (χ3n) is 3.93. The van der Waals surface area contributed by atoms with Crippen molar-refractivity contribution in [2.45, 2.75) is 27.2 Å². The fourth-order valence-electron chi connectivity index (χ4n) is 3.05. The predicted octanol–water partition coefficient (Wildman–Crippen LogP) is 2.29. The maximum Gasteiger partial charge on any atom is 0.254 e. The molecule has 0 aromatic heterocycles. The van der Waals surface area contributed by atoms with Gasteiger partial charge in [0.15, 0.2) is 0 Å². The van der Waals surface area contributed by atoms with E-state index in [9.17, 15) is 4.79 Å². The molecule has 0 aliphatic carbocycles. The fraction of sp³-hybridized carbons (Fsp3) is 0.562. The predicted molar refractivity (Wildman–Crippen MR) is 78.6 cm³/mol. The average Bonchev–Trinajstić information content (AvgIpc) is 2.80. The van der Waals surface area contributed by atoms with Crippen molar-refractivity contribution in [3.63, 3.8) is 0 Å². The molecule has 1 atom stereocenters. The molecule has 3 nitrogen and oxygen atoms in total. The van der Waals surface area contributed by atoms with Gasteiger partial charge in [-0.15, -0.1) is 0 Å². The van der Waals surface area contributed by atoms with Gasteiger partial charge < -0.3 is 10.2 Å². The molecule has 0 saturated carbocycles. The SMILES string of the molecule is Cc1cc(C)c(C(=O)N(C)CC2CCNC2)c(C)c1. The van der Waals surface area contributed by atoms with E-state index in [-0.39, 0.29) is 5.91 Å². The summed E-state index contributed by atoms with van der Waals surface area (Å²) in [5, 5.41) is 3.35. The van der Waals surface area contributed by atoms with Crippen LogP contribution in [0.4, 0.5) is 0 Å². The fourth-order valence-corrected chi connectivity index (χ4v) is 3.05. The van der Waals surface area contributed by atoms with Crippen molar-refractivity contribution >= 4 is 5.91 Å². The zero-order valence-electron chi connectivity index (χ0n) is 12.4. The molecule has 1 aromatic rings. The quantitative estimate of drug-likeness (QED) is 0.904. The molecule has 3 heteroatoms. The minimum Gasteiger partial charge on any atom is -0.341 e. The second kappa shape index (κ2) is 5.74. The zero-order valence-corrected chi connectivity index (χ0v) is 12.4. The highest BCUT2D eigenvalue weighted by atomic mass is 16.2. The first-order valence-corrected chi connectivity index (χ1v) is 7.03. The van der Waals surface area contributed by atoms with E-state index in [1.807, 2.05) is 25.8 Å². The molecular weight excluding hydrogens is 236 g/mol. The van der Waals surface area contributed by atoms with Crippen molar-refractivity contribution in [3.05, 3.63) is 34.4 Å². The Labute approximate surface area is 116 Å². The highest BCUT2D eigenvalue weighted by molar-refractivity contribution is 5.97. The molecular formula is C16H24N2O. The van der Waals surface area contributed by atoms with E-state index in [2.05, 4.69) is 24.4 Å². The number of benzene rings is 1.